The van der Waals surface area contributed by atoms with Crippen LogP contribution in [0.3, 0.4) is 0 Å². The molecular formula is C14H18FN3O5. The monoisotopic (exact) mass is 327 g/mol. The lowest BCUT2D eigenvalue weighted by Crippen LogP contribution is -2.49. The number of fused-ring (bicyclic) bond motifs is 2. The van der Waals surface area contributed by atoms with E-state index in [-0.39, 0.29) is 19.1 Å². The third-order valence-corrected chi connectivity index (χ3v) is 4.13. The minimum Gasteiger partial charge on any atom is -0.462 e. The van der Waals surface area contributed by atoms with Crippen molar-refractivity contribution in [3.05, 3.63) is 11.6 Å². The van der Waals surface area contributed by atoms with Crippen LogP contribution in [0.4, 0.5) is 9.18 Å². The van der Waals surface area contributed by atoms with E-state index in [0.717, 1.165) is 23.5 Å². The molecule has 0 aromatic carbocycles. The van der Waals surface area contributed by atoms with Crippen LogP contribution in [0.5, 0.6) is 0 Å². The summed E-state index contributed by atoms with van der Waals surface area (Å²) >= 11 is 0. The average molecular weight is 327 g/mol. The Morgan fingerprint density at radius 3 is 2.74 bits per heavy atom. The fourth-order valence-corrected chi connectivity index (χ4v) is 3.02. The fourth-order valence-electron chi connectivity index (χ4n) is 3.02. The molecule has 3 aliphatic rings. The number of hydroxylamine groups is 2. The van der Waals surface area contributed by atoms with Gasteiger partial charge < -0.3 is 15.4 Å². The molecule has 126 valence electrons. The number of alkyl halides is 1. The van der Waals surface area contributed by atoms with Crippen LogP contribution >= 0.6 is 0 Å². The summed E-state index contributed by atoms with van der Waals surface area (Å²) in [5.41, 5.74) is 6.20. The molecule has 8 nitrogen and oxygen atoms in total. The van der Waals surface area contributed by atoms with Crippen molar-refractivity contribution >= 4 is 17.9 Å². The summed E-state index contributed by atoms with van der Waals surface area (Å²) in [6.45, 7) is 1.70. The Morgan fingerprint density at radius 1 is 1.48 bits per heavy atom. The molecule has 0 aromatic heterocycles. The number of carbonyl (C=O) groups excluding carboxylic acids is 3. The predicted octanol–water partition coefficient (Wildman–Crippen LogP) is 0.0868. The van der Waals surface area contributed by atoms with Gasteiger partial charge >= 0.3 is 18.4 Å². The molecule has 2 bridgehead atoms. The number of ether oxygens (including phenoxy) is 1. The van der Waals surface area contributed by atoms with E-state index in [1.807, 2.05) is 0 Å². The van der Waals surface area contributed by atoms with Crippen LogP contribution in [-0.4, -0.2) is 59.5 Å². The zero-order chi connectivity index (χ0) is 16.7. The van der Waals surface area contributed by atoms with Gasteiger partial charge in [0.15, 0.2) is 0 Å². The first kappa shape index (κ1) is 15.7. The van der Waals surface area contributed by atoms with Crippen molar-refractivity contribution in [3.63, 3.8) is 0 Å². The number of nitrogens with zero attached hydrogens (tertiary/aromatic N) is 2. The van der Waals surface area contributed by atoms with Gasteiger partial charge in [-0.1, -0.05) is 6.08 Å². The largest absolute Gasteiger partial charge is 0.462 e. The maximum Gasteiger partial charge on any atom is 0.370 e. The van der Waals surface area contributed by atoms with Crippen molar-refractivity contribution in [2.24, 2.45) is 11.7 Å². The highest BCUT2D eigenvalue weighted by molar-refractivity contribution is 5.91. The summed E-state index contributed by atoms with van der Waals surface area (Å²) in [5, 5.41) is 0.785. The van der Waals surface area contributed by atoms with E-state index in [2.05, 4.69) is 4.74 Å². The first-order valence-corrected chi connectivity index (χ1v) is 7.52. The Kier molecular flexibility index (Phi) is 3.97. The minimum absolute atomic E-state index is 0.00158. The third kappa shape index (κ3) is 2.76. The molecule has 2 aliphatic heterocycles. The second-order valence-electron chi connectivity index (χ2n) is 5.75. The molecule has 1 saturated carbocycles. The van der Waals surface area contributed by atoms with E-state index in [9.17, 15) is 18.8 Å². The third-order valence-electron chi connectivity index (χ3n) is 4.13. The lowest BCUT2D eigenvalue weighted by Gasteiger charge is -2.29. The number of halogens is 1. The van der Waals surface area contributed by atoms with Crippen LogP contribution in [0.15, 0.2) is 11.6 Å². The number of hydrogen-bond donors (Lipinski definition) is 1. The summed E-state index contributed by atoms with van der Waals surface area (Å²) in [6.07, 6.45) is 1.19. The van der Waals surface area contributed by atoms with Crippen LogP contribution in [0.1, 0.15) is 19.8 Å². The van der Waals surface area contributed by atoms with Crippen LogP contribution < -0.4 is 5.73 Å². The highest BCUT2D eigenvalue weighted by Gasteiger charge is 2.51. The number of amides is 3. The zero-order valence-electron chi connectivity index (χ0n) is 12.6. The number of nitrogens with two attached hydrogens (primary N) is 1. The first-order valence-electron chi connectivity index (χ1n) is 7.52. The van der Waals surface area contributed by atoms with E-state index >= 15 is 0 Å². The fraction of sp³-hybridized carbons (Fsp3) is 0.643. The molecule has 3 atom stereocenters. The molecule has 2 N–H and O–H groups in total. The lowest BCUT2D eigenvalue weighted by molar-refractivity contribution is -0.223. The van der Waals surface area contributed by atoms with Gasteiger partial charge in [-0.2, -0.15) is 5.06 Å². The number of urea groups is 1. The van der Waals surface area contributed by atoms with E-state index in [4.69, 9.17) is 10.6 Å². The molecule has 1 saturated heterocycles. The second kappa shape index (κ2) is 5.80. The van der Waals surface area contributed by atoms with Crippen molar-refractivity contribution in [2.75, 3.05) is 13.2 Å². The number of carbonyl (C=O) groups is 3. The van der Waals surface area contributed by atoms with E-state index < -0.39 is 36.3 Å². The Morgan fingerprint density at radius 2 is 2.17 bits per heavy atom. The molecule has 23 heavy (non-hydrogen) atoms. The minimum atomic E-state index is -2.40. The molecule has 3 rings (SSSR count). The number of esters is 1. The molecule has 0 spiro atoms. The van der Waals surface area contributed by atoms with Gasteiger partial charge in [-0.3, -0.25) is 4.79 Å². The van der Waals surface area contributed by atoms with E-state index in [0.29, 0.717) is 0 Å². The Labute approximate surface area is 131 Å². The highest BCUT2D eigenvalue weighted by atomic mass is 19.1. The van der Waals surface area contributed by atoms with Gasteiger partial charge in [0, 0.05) is 0 Å². The summed E-state index contributed by atoms with van der Waals surface area (Å²) in [4.78, 5) is 41.5. The molecule has 2 fully saturated rings. The Hall–Kier alpha value is -2.16. The van der Waals surface area contributed by atoms with Gasteiger partial charge in [-0.15, -0.1) is 0 Å². The van der Waals surface area contributed by atoms with E-state index in [1.54, 1.807) is 6.08 Å². The maximum absolute atomic E-state index is 13.8. The molecule has 9 heteroatoms. The van der Waals surface area contributed by atoms with Gasteiger partial charge in [-0.25, -0.2) is 18.8 Å². The normalized spacial score (nSPS) is 27.7. The molecule has 3 amide bonds. The summed E-state index contributed by atoms with van der Waals surface area (Å²) < 4.78 is 18.3. The van der Waals surface area contributed by atoms with Crippen molar-refractivity contribution < 1.29 is 28.3 Å². The van der Waals surface area contributed by atoms with Crippen molar-refractivity contribution in [3.8, 4) is 0 Å². The van der Waals surface area contributed by atoms with Gasteiger partial charge in [-0.05, 0) is 31.3 Å². The summed E-state index contributed by atoms with van der Waals surface area (Å²) in [6, 6.07) is -2.07. The number of hydrogen-bond acceptors (Lipinski definition) is 5. The highest BCUT2D eigenvalue weighted by Crippen LogP contribution is 2.43. The molecule has 0 aromatic rings. The van der Waals surface area contributed by atoms with Gasteiger partial charge in [0.1, 0.15) is 6.04 Å². The van der Waals surface area contributed by atoms with Crippen LogP contribution in [0.25, 0.3) is 0 Å². The van der Waals surface area contributed by atoms with Crippen LogP contribution in [0.2, 0.25) is 0 Å². The molecule has 2 heterocycles. The standard InChI is InChI=1S/C14H18FN3O5/c1-2-22-13(20)11(15)23-18-8-5-9(7-3-4-7)10(12(16)19)17(6-8)14(18)21/h5,7-8,10-11H,2-4,6H2,1H3,(H2,16,19)/t8-,10+,11+/m1/s1. The Bertz CT molecular complexity index is 577. The van der Waals surface area contributed by atoms with Gasteiger partial charge in [0.25, 0.3) is 0 Å². The van der Waals surface area contributed by atoms with Gasteiger partial charge in [0.2, 0.25) is 5.91 Å². The number of rotatable bonds is 6. The molecule has 0 radical (unpaired) electrons. The number of primary amides is 1. The van der Waals surface area contributed by atoms with Crippen LogP contribution in [0, 0.1) is 5.92 Å². The first-order chi connectivity index (χ1) is 10.9. The smallest absolute Gasteiger partial charge is 0.370 e. The maximum atomic E-state index is 13.8. The SMILES string of the molecule is CCOC(=O)[C@@H](F)ON1C(=O)N2C[C@H]1C=C(C1CC1)[C@H]2C(N)=O. The Balaban J connectivity index is 1.79. The molecular weight excluding hydrogens is 309 g/mol. The predicted molar refractivity (Wildman–Crippen MR) is 74.1 cm³/mol. The summed E-state index contributed by atoms with van der Waals surface area (Å²) in [7, 11) is 0. The van der Waals surface area contributed by atoms with Crippen molar-refractivity contribution in [1.29, 1.82) is 0 Å². The molecule has 0 unspecified atom stereocenters. The summed E-state index contributed by atoms with van der Waals surface area (Å²) in [5.74, 6) is -1.61. The van der Waals surface area contributed by atoms with Crippen molar-refractivity contribution in [1.82, 2.24) is 9.96 Å². The van der Waals surface area contributed by atoms with Gasteiger partial charge in [0.05, 0.1) is 19.2 Å². The molecule has 1 aliphatic carbocycles. The van der Waals surface area contributed by atoms with E-state index in [1.165, 1.54) is 11.8 Å². The van der Waals surface area contributed by atoms with Crippen LogP contribution in [-0.2, 0) is 19.2 Å². The zero-order valence-corrected chi connectivity index (χ0v) is 12.6. The average Bonchev–Trinajstić information content (AvgIpc) is 3.32. The van der Waals surface area contributed by atoms with Crippen molar-refractivity contribution in [2.45, 2.75) is 38.2 Å². The lowest BCUT2D eigenvalue weighted by atomic mass is 9.95. The topological polar surface area (TPSA) is 102 Å². The second-order valence-corrected chi connectivity index (χ2v) is 5.75. The quantitative estimate of drug-likeness (QED) is 0.550.